The first-order valence-corrected chi connectivity index (χ1v) is 9.11. The van der Waals surface area contributed by atoms with Gasteiger partial charge in [0.1, 0.15) is 6.54 Å². The van der Waals surface area contributed by atoms with Crippen LogP contribution in [0.1, 0.15) is 12.5 Å². The molecule has 0 aromatic heterocycles. The molecule has 1 aliphatic heterocycles. The number of nitrogens with zero attached hydrogens (tertiary/aromatic N) is 2. The molecule has 2 aromatic carbocycles. The van der Waals surface area contributed by atoms with Crippen molar-refractivity contribution in [3.63, 3.8) is 0 Å². The van der Waals surface area contributed by atoms with Gasteiger partial charge in [0.25, 0.3) is 0 Å². The number of rotatable bonds is 6. The molecular weight excluding hydrogens is 342 g/mol. The number of carboxylic acid groups (broad SMARTS) is 1. The number of sulfonamides is 1. The largest absolute Gasteiger partial charge is 0.480 e. The number of fused-ring (bicyclic) bond motifs is 1. The highest BCUT2D eigenvalue weighted by Gasteiger charge is 2.25. The van der Waals surface area contributed by atoms with Gasteiger partial charge in [0.2, 0.25) is 10.0 Å². The van der Waals surface area contributed by atoms with Crippen LogP contribution >= 0.6 is 0 Å². The average Bonchev–Trinajstić information content (AvgIpc) is 2.89. The highest BCUT2D eigenvalue weighted by Crippen LogP contribution is 2.21. The van der Waals surface area contributed by atoms with E-state index in [-0.39, 0.29) is 4.90 Å². The van der Waals surface area contributed by atoms with Crippen LogP contribution in [-0.4, -0.2) is 31.7 Å². The lowest BCUT2D eigenvalue weighted by atomic mass is 10.0. The number of carbonyl (C=O) groups is 1. The first-order valence-electron chi connectivity index (χ1n) is 7.63. The summed E-state index contributed by atoms with van der Waals surface area (Å²) in [6, 6.07) is 13.9. The van der Waals surface area contributed by atoms with E-state index in [4.69, 9.17) is 5.11 Å². The Morgan fingerprint density at radius 3 is 2.16 bits per heavy atom. The van der Waals surface area contributed by atoms with Gasteiger partial charge in [-0.15, -0.1) is 0 Å². The van der Waals surface area contributed by atoms with Crippen LogP contribution in [0.3, 0.4) is 0 Å². The summed E-state index contributed by atoms with van der Waals surface area (Å²) in [6.07, 6.45) is 0.532. The summed E-state index contributed by atoms with van der Waals surface area (Å²) in [5, 5.41) is 10.3. The Morgan fingerprint density at radius 1 is 1.08 bits per heavy atom. The molecule has 3 rings (SSSR count). The van der Waals surface area contributed by atoms with Crippen LogP contribution < -0.4 is 15.4 Å². The monoisotopic (exact) mass is 359 g/mol. The predicted molar refractivity (Wildman–Crippen MR) is 90.1 cm³/mol. The van der Waals surface area contributed by atoms with E-state index in [1.165, 1.54) is 12.1 Å². The molecule has 0 radical (unpaired) electrons. The lowest BCUT2D eigenvalue weighted by Gasteiger charge is -2.17. The number of nitrogens with one attached hydrogen (secondary N) is 1. The van der Waals surface area contributed by atoms with E-state index in [0.717, 1.165) is 16.3 Å². The summed E-state index contributed by atoms with van der Waals surface area (Å²) >= 11 is 0. The van der Waals surface area contributed by atoms with Crippen molar-refractivity contribution in [1.82, 2.24) is 4.72 Å². The highest BCUT2D eigenvalue weighted by molar-refractivity contribution is 7.89. The van der Waals surface area contributed by atoms with Crippen LogP contribution in [-0.2, 0) is 21.2 Å². The van der Waals surface area contributed by atoms with Crippen LogP contribution in [0.4, 0.5) is 0 Å². The second kappa shape index (κ2) is 6.38. The molecular formula is C17H17N3O4S. The fourth-order valence-electron chi connectivity index (χ4n) is 2.69. The third kappa shape index (κ3) is 3.92. The molecule has 0 saturated carbocycles. The number of hydrogen-bond acceptors (Lipinski definition) is 5. The van der Waals surface area contributed by atoms with Gasteiger partial charge in [-0.3, -0.25) is 14.8 Å². The van der Waals surface area contributed by atoms with Gasteiger partial charge in [-0.1, -0.05) is 24.3 Å². The fraction of sp³-hybridized carbons (Fsp3) is 0.235. The average molecular weight is 359 g/mol. The smallest absolute Gasteiger partial charge is 0.318 e. The lowest BCUT2D eigenvalue weighted by Crippen LogP contribution is -2.29. The third-order valence-electron chi connectivity index (χ3n) is 3.79. The van der Waals surface area contributed by atoms with Crippen LogP contribution in [0.25, 0.3) is 0 Å². The second-order valence-corrected chi connectivity index (χ2v) is 7.74. The van der Waals surface area contributed by atoms with Crippen LogP contribution in [0.5, 0.6) is 0 Å². The summed E-state index contributed by atoms with van der Waals surface area (Å²) in [7, 11) is -3.84. The third-order valence-corrected chi connectivity index (χ3v) is 5.21. The van der Waals surface area contributed by atoms with Crippen LogP contribution in [0.2, 0.25) is 0 Å². The van der Waals surface area contributed by atoms with E-state index in [1.807, 2.05) is 35.9 Å². The highest BCUT2D eigenvalue weighted by atomic mass is 32.2. The summed E-state index contributed by atoms with van der Waals surface area (Å²) < 4.78 is 26.0. The Kier molecular flexibility index (Phi) is 4.40. The molecule has 25 heavy (non-hydrogen) atoms. The molecule has 0 unspecified atom stereocenters. The Morgan fingerprint density at radius 2 is 1.64 bits per heavy atom. The van der Waals surface area contributed by atoms with Gasteiger partial charge in [-0.05, 0) is 36.8 Å². The van der Waals surface area contributed by atoms with Crippen molar-refractivity contribution >= 4 is 16.0 Å². The normalized spacial score (nSPS) is 15.1. The Hall–Kier alpha value is -2.58. The standard InChI is InChI=1S/C17H17N3O4S/c1-17(19-14-4-2-3-5-15(14)20-17)10-12-6-8-13(9-7-12)25(23,24)18-11-16(21)22/h2-9,18H,10-11H2,1H3,(H,21,22). The van der Waals surface area contributed by atoms with E-state index < -0.39 is 28.2 Å². The maximum absolute atomic E-state index is 12.0. The maximum atomic E-state index is 12.0. The summed E-state index contributed by atoms with van der Waals surface area (Å²) in [4.78, 5) is 19.8. The Balaban J connectivity index is 1.78. The molecule has 0 atom stereocenters. The van der Waals surface area contributed by atoms with Crippen molar-refractivity contribution in [3.8, 4) is 0 Å². The number of para-hydroxylation sites is 2. The topological polar surface area (TPSA) is 108 Å². The summed E-state index contributed by atoms with van der Waals surface area (Å²) in [6.45, 7) is 1.27. The molecule has 0 saturated heterocycles. The molecule has 1 heterocycles. The minimum Gasteiger partial charge on any atom is -0.480 e. The molecule has 0 spiro atoms. The zero-order valence-electron chi connectivity index (χ0n) is 13.5. The molecule has 0 fully saturated rings. The minimum atomic E-state index is -3.84. The van der Waals surface area contributed by atoms with Crippen LogP contribution in [0, 0.1) is 0 Å². The van der Waals surface area contributed by atoms with E-state index in [9.17, 15) is 13.2 Å². The Bertz CT molecular complexity index is 995. The minimum absolute atomic E-state index is 0.0197. The molecule has 1 aliphatic rings. The van der Waals surface area contributed by atoms with E-state index in [0.29, 0.717) is 6.42 Å². The predicted octanol–water partition coefficient (Wildman–Crippen LogP) is 0.261. The van der Waals surface area contributed by atoms with Gasteiger partial charge in [-0.25, -0.2) is 8.42 Å². The van der Waals surface area contributed by atoms with Crippen molar-refractivity contribution in [2.24, 2.45) is 9.98 Å². The van der Waals surface area contributed by atoms with Gasteiger partial charge < -0.3 is 5.11 Å². The van der Waals surface area contributed by atoms with E-state index >= 15 is 0 Å². The molecule has 8 heteroatoms. The van der Waals surface area contributed by atoms with Crippen molar-refractivity contribution in [2.75, 3.05) is 6.54 Å². The first-order chi connectivity index (χ1) is 11.8. The van der Waals surface area contributed by atoms with Gasteiger partial charge >= 0.3 is 5.97 Å². The van der Waals surface area contributed by atoms with E-state index in [2.05, 4.69) is 9.98 Å². The van der Waals surface area contributed by atoms with Gasteiger partial charge in [0, 0.05) is 6.42 Å². The number of hydrogen-bond donors (Lipinski definition) is 2. The van der Waals surface area contributed by atoms with Crippen LogP contribution in [0.15, 0.2) is 63.4 Å². The summed E-state index contributed by atoms with van der Waals surface area (Å²) in [5.74, 6) is -1.24. The first kappa shape index (κ1) is 17.2. The van der Waals surface area contributed by atoms with E-state index in [1.54, 1.807) is 12.1 Å². The quantitative estimate of drug-likeness (QED) is 0.771. The molecule has 0 aliphatic carbocycles. The number of benzene rings is 2. The number of aliphatic carboxylic acids is 1. The van der Waals surface area contributed by atoms with Crippen molar-refractivity contribution in [3.05, 3.63) is 64.8 Å². The SMILES string of the molecule is CC1(Cc2ccc(S(=O)(=O)NCC(=O)O)cc2)N=c2ccccc2=N1. The molecule has 2 aromatic rings. The van der Waals surface area contributed by atoms with Crippen molar-refractivity contribution < 1.29 is 18.3 Å². The Labute approximate surface area is 144 Å². The van der Waals surface area contributed by atoms with Gasteiger partial charge in [0.15, 0.2) is 5.66 Å². The van der Waals surface area contributed by atoms with Gasteiger partial charge in [0.05, 0.1) is 15.6 Å². The lowest BCUT2D eigenvalue weighted by molar-refractivity contribution is -0.135. The molecule has 7 nitrogen and oxygen atoms in total. The second-order valence-electron chi connectivity index (χ2n) is 5.97. The molecule has 0 amide bonds. The van der Waals surface area contributed by atoms with Crippen molar-refractivity contribution in [2.45, 2.75) is 23.9 Å². The zero-order valence-corrected chi connectivity index (χ0v) is 14.3. The molecule has 2 N–H and O–H groups in total. The molecule has 0 bridgehead atoms. The number of carboxylic acids is 1. The van der Waals surface area contributed by atoms with Gasteiger partial charge in [-0.2, -0.15) is 4.72 Å². The maximum Gasteiger partial charge on any atom is 0.318 e. The van der Waals surface area contributed by atoms with Crippen molar-refractivity contribution in [1.29, 1.82) is 0 Å². The molecule has 130 valence electrons. The summed E-state index contributed by atoms with van der Waals surface area (Å²) in [5.41, 5.74) is 0.269. The zero-order chi connectivity index (χ0) is 18.1. The fourth-order valence-corrected chi connectivity index (χ4v) is 3.66.